The van der Waals surface area contributed by atoms with Crippen molar-refractivity contribution in [3.8, 4) is 0 Å². The van der Waals surface area contributed by atoms with E-state index in [2.05, 4.69) is 4.74 Å². The highest BCUT2D eigenvalue weighted by molar-refractivity contribution is 8.00. The number of piperidine rings is 1. The summed E-state index contributed by atoms with van der Waals surface area (Å²) in [7, 11) is 1.36. The monoisotopic (exact) mass is 271 g/mol. The van der Waals surface area contributed by atoms with Gasteiger partial charge in [0.2, 0.25) is 0 Å². The maximum atomic E-state index is 11.9. The van der Waals surface area contributed by atoms with Crippen LogP contribution < -0.4 is 0 Å². The number of nitrogens with zero attached hydrogens (tertiary/aromatic N) is 1. The van der Waals surface area contributed by atoms with E-state index in [0.29, 0.717) is 32.5 Å². The average molecular weight is 271 g/mol. The number of hydrogen-bond acceptors (Lipinski definition) is 4. The maximum Gasteiger partial charge on any atom is 0.441 e. The molecule has 0 spiro atoms. The highest BCUT2D eigenvalue weighted by Crippen LogP contribution is 2.30. The SMILES string of the molecule is COC(=O)C1CCN(CCSC(F)(F)F)CC1. The van der Waals surface area contributed by atoms with Crippen LogP contribution in [-0.2, 0) is 9.53 Å². The Morgan fingerprint density at radius 2 is 2.00 bits per heavy atom. The van der Waals surface area contributed by atoms with E-state index in [1.54, 1.807) is 0 Å². The molecule has 1 saturated heterocycles. The molecule has 0 aromatic rings. The lowest BCUT2D eigenvalue weighted by atomic mass is 9.97. The van der Waals surface area contributed by atoms with Crippen molar-refractivity contribution in [3.63, 3.8) is 0 Å². The van der Waals surface area contributed by atoms with Crippen molar-refractivity contribution < 1.29 is 22.7 Å². The topological polar surface area (TPSA) is 29.5 Å². The van der Waals surface area contributed by atoms with Gasteiger partial charge in [-0.1, -0.05) is 0 Å². The second-order valence-electron chi connectivity index (χ2n) is 3.93. The average Bonchev–Trinajstić information content (AvgIpc) is 2.27. The summed E-state index contributed by atoms with van der Waals surface area (Å²) >= 11 is 0.00553. The van der Waals surface area contributed by atoms with E-state index >= 15 is 0 Å². The van der Waals surface area contributed by atoms with Crippen molar-refractivity contribution in [2.45, 2.75) is 18.3 Å². The number of thioether (sulfide) groups is 1. The van der Waals surface area contributed by atoms with Crippen molar-refractivity contribution in [3.05, 3.63) is 0 Å². The van der Waals surface area contributed by atoms with Gasteiger partial charge in [0.15, 0.2) is 0 Å². The summed E-state index contributed by atoms with van der Waals surface area (Å²) in [6, 6.07) is 0. The first-order valence-electron chi connectivity index (χ1n) is 5.43. The Morgan fingerprint density at radius 1 is 1.41 bits per heavy atom. The van der Waals surface area contributed by atoms with Crippen molar-refractivity contribution in [1.82, 2.24) is 4.90 Å². The Bertz CT molecular complexity index is 252. The van der Waals surface area contributed by atoms with Crippen LogP contribution in [0.2, 0.25) is 0 Å². The van der Waals surface area contributed by atoms with Gasteiger partial charge in [-0.3, -0.25) is 4.79 Å². The number of alkyl halides is 3. The standard InChI is InChI=1S/C10H16F3NO2S/c1-16-9(15)8-2-4-14(5-3-8)6-7-17-10(11,12)13/h8H,2-7H2,1H3. The molecule has 0 radical (unpaired) electrons. The molecule has 1 fully saturated rings. The van der Waals surface area contributed by atoms with Crippen LogP contribution in [0, 0.1) is 5.92 Å². The molecule has 1 aliphatic heterocycles. The van der Waals surface area contributed by atoms with Crippen LogP contribution in [0.4, 0.5) is 13.2 Å². The summed E-state index contributed by atoms with van der Waals surface area (Å²) in [6.45, 7) is 1.74. The molecule has 0 bridgehead atoms. The number of methoxy groups -OCH3 is 1. The zero-order valence-electron chi connectivity index (χ0n) is 9.63. The number of esters is 1. The van der Waals surface area contributed by atoms with Crippen LogP contribution in [0.1, 0.15) is 12.8 Å². The maximum absolute atomic E-state index is 11.9. The highest BCUT2D eigenvalue weighted by atomic mass is 32.2. The zero-order chi connectivity index (χ0) is 12.9. The number of ether oxygens (including phenoxy) is 1. The summed E-state index contributed by atoms with van der Waals surface area (Å²) in [5.74, 6) is -0.257. The minimum Gasteiger partial charge on any atom is -0.469 e. The van der Waals surface area contributed by atoms with E-state index in [0.717, 1.165) is 0 Å². The van der Waals surface area contributed by atoms with Gasteiger partial charge < -0.3 is 9.64 Å². The van der Waals surface area contributed by atoms with Gasteiger partial charge in [0.1, 0.15) is 0 Å². The number of rotatable bonds is 4. The largest absolute Gasteiger partial charge is 0.469 e. The van der Waals surface area contributed by atoms with Crippen molar-refractivity contribution >= 4 is 17.7 Å². The number of likely N-dealkylation sites (tertiary alicyclic amines) is 1. The molecule has 0 saturated carbocycles. The Morgan fingerprint density at radius 3 is 2.47 bits per heavy atom. The Hall–Kier alpha value is -0.430. The number of carbonyl (C=O) groups is 1. The van der Waals surface area contributed by atoms with E-state index in [-0.39, 0.29) is 29.4 Å². The molecule has 17 heavy (non-hydrogen) atoms. The molecule has 0 atom stereocenters. The summed E-state index contributed by atoms with van der Waals surface area (Å²) < 4.78 is 40.4. The smallest absolute Gasteiger partial charge is 0.441 e. The molecule has 0 aliphatic carbocycles. The van der Waals surface area contributed by atoms with Crippen LogP contribution in [0.15, 0.2) is 0 Å². The third-order valence-corrected chi connectivity index (χ3v) is 3.51. The van der Waals surface area contributed by atoms with Gasteiger partial charge in [0.05, 0.1) is 13.0 Å². The predicted molar refractivity (Wildman–Crippen MR) is 59.7 cm³/mol. The van der Waals surface area contributed by atoms with Crippen molar-refractivity contribution in [2.24, 2.45) is 5.92 Å². The van der Waals surface area contributed by atoms with E-state index < -0.39 is 5.51 Å². The molecule has 1 aliphatic rings. The summed E-state index contributed by atoms with van der Waals surface area (Å²) in [4.78, 5) is 13.2. The molecule has 3 nitrogen and oxygen atoms in total. The van der Waals surface area contributed by atoms with Gasteiger partial charge in [0.25, 0.3) is 0 Å². The normalized spacial score (nSPS) is 19.3. The molecule has 0 amide bonds. The van der Waals surface area contributed by atoms with E-state index in [4.69, 9.17) is 0 Å². The predicted octanol–water partition coefficient (Wildman–Crippen LogP) is 2.12. The van der Waals surface area contributed by atoms with Crippen LogP contribution >= 0.6 is 11.8 Å². The molecule has 7 heteroatoms. The zero-order valence-corrected chi connectivity index (χ0v) is 10.4. The van der Waals surface area contributed by atoms with Gasteiger partial charge >= 0.3 is 11.5 Å². The number of carbonyl (C=O) groups excluding carboxylic acids is 1. The van der Waals surface area contributed by atoms with Crippen molar-refractivity contribution in [1.29, 1.82) is 0 Å². The Balaban J connectivity index is 2.17. The summed E-state index contributed by atoms with van der Waals surface area (Å²) in [5, 5.41) is 0. The van der Waals surface area contributed by atoms with Gasteiger partial charge in [-0.15, -0.1) is 0 Å². The van der Waals surface area contributed by atoms with Crippen LogP contribution in [0.25, 0.3) is 0 Å². The summed E-state index contributed by atoms with van der Waals surface area (Å²) in [5.41, 5.74) is -4.15. The van der Waals surface area contributed by atoms with Gasteiger partial charge in [0, 0.05) is 12.3 Å². The van der Waals surface area contributed by atoms with E-state index in [1.165, 1.54) is 7.11 Å². The molecule has 1 heterocycles. The lowest BCUT2D eigenvalue weighted by Crippen LogP contribution is -2.38. The number of hydrogen-bond donors (Lipinski definition) is 0. The Labute approximate surface area is 103 Å². The van der Waals surface area contributed by atoms with Gasteiger partial charge in [-0.05, 0) is 37.7 Å². The first-order chi connectivity index (χ1) is 7.92. The molecule has 0 aromatic carbocycles. The minimum absolute atomic E-state index is 0.00553. The lowest BCUT2D eigenvalue weighted by molar-refractivity contribution is -0.147. The second kappa shape index (κ2) is 6.49. The lowest BCUT2D eigenvalue weighted by Gasteiger charge is -2.30. The molecular formula is C10H16F3NO2S. The van der Waals surface area contributed by atoms with E-state index in [9.17, 15) is 18.0 Å². The van der Waals surface area contributed by atoms with Gasteiger partial charge in [-0.25, -0.2) is 0 Å². The second-order valence-corrected chi connectivity index (χ2v) is 5.09. The molecule has 100 valence electrons. The molecule has 0 unspecified atom stereocenters. The van der Waals surface area contributed by atoms with Crippen LogP contribution in [0.3, 0.4) is 0 Å². The van der Waals surface area contributed by atoms with E-state index in [1.807, 2.05) is 4.90 Å². The van der Waals surface area contributed by atoms with Gasteiger partial charge in [-0.2, -0.15) is 13.2 Å². The fourth-order valence-corrected chi connectivity index (χ4v) is 2.43. The third-order valence-electron chi connectivity index (χ3n) is 2.80. The quantitative estimate of drug-likeness (QED) is 0.733. The summed E-state index contributed by atoms with van der Waals surface area (Å²) in [6.07, 6.45) is 1.34. The minimum atomic E-state index is -4.15. The highest BCUT2D eigenvalue weighted by Gasteiger charge is 2.29. The third kappa shape index (κ3) is 5.63. The molecule has 1 rings (SSSR count). The van der Waals surface area contributed by atoms with Crippen molar-refractivity contribution in [2.75, 3.05) is 32.5 Å². The molecular weight excluding hydrogens is 255 g/mol. The fraction of sp³-hybridized carbons (Fsp3) is 0.900. The Kier molecular flexibility index (Phi) is 5.58. The first-order valence-corrected chi connectivity index (χ1v) is 6.42. The van der Waals surface area contributed by atoms with Crippen LogP contribution in [0.5, 0.6) is 0 Å². The molecule has 0 N–H and O–H groups in total. The fourth-order valence-electron chi connectivity index (χ4n) is 1.85. The number of halogens is 3. The first kappa shape index (κ1) is 14.6. The molecule has 0 aromatic heterocycles. The van der Waals surface area contributed by atoms with Crippen LogP contribution in [-0.4, -0.2) is 48.9 Å².